The van der Waals surface area contributed by atoms with Crippen LogP contribution in [-0.4, -0.2) is 40.4 Å². The summed E-state index contributed by atoms with van der Waals surface area (Å²) in [7, 11) is 5.35. The molecule has 0 saturated heterocycles. The number of methoxy groups -OCH3 is 1. The summed E-state index contributed by atoms with van der Waals surface area (Å²) >= 11 is 0. The van der Waals surface area contributed by atoms with E-state index in [1.54, 1.807) is 25.3 Å². The molecule has 18 heavy (non-hydrogen) atoms. The molecule has 5 nitrogen and oxygen atoms in total. The zero-order valence-corrected chi connectivity index (χ0v) is 11.1. The number of nitrogens with two attached hydrogens (primary N) is 1. The van der Waals surface area contributed by atoms with Gasteiger partial charge in [-0.1, -0.05) is 0 Å². The molecule has 0 aromatic heterocycles. The molecule has 0 saturated carbocycles. The van der Waals surface area contributed by atoms with Gasteiger partial charge in [0.05, 0.1) is 17.9 Å². The van der Waals surface area contributed by atoms with Crippen LogP contribution in [0.15, 0.2) is 18.2 Å². The summed E-state index contributed by atoms with van der Waals surface area (Å²) in [4.78, 5) is 13.8. The lowest BCUT2D eigenvalue weighted by atomic mass is 10.1. The number of esters is 1. The fourth-order valence-corrected chi connectivity index (χ4v) is 1.55. The van der Waals surface area contributed by atoms with E-state index in [0.29, 0.717) is 30.9 Å². The van der Waals surface area contributed by atoms with Gasteiger partial charge in [0.1, 0.15) is 0 Å². The highest BCUT2D eigenvalue weighted by molar-refractivity contribution is 5.96. The molecule has 2 N–H and O–H groups in total. The van der Waals surface area contributed by atoms with Crippen LogP contribution in [0.1, 0.15) is 16.8 Å². The average Bonchev–Trinajstić information content (AvgIpc) is 2.34. The molecule has 1 aromatic rings. The predicted molar refractivity (Wildman–Crippen MR) is 72.0 cm³/mol. The summed E-state index contributed by atoms with van der Waals surface area (Å²) < 4.78 is 10.1. The molecule has 100 valence electrons. The number of carbonyl (C=O) groups excluding carboxylic acids is 1. The Morgan fingerprint density at radius 2 is 2.06 bits per heavy atom. The largest absolute Gasteiger partial charge is 0.462 e. The number of anilines is 2. The standard InChI is InChI=1S/C13H20N2O3/c1-15(2)12-6-5-10(14)9-11(12)13(16)18-8-4-7-17-3/h5-6,9H,4,7-8,14H2,1-3H3. The van der Waals surface area contributed by atoms with Crippen molar-refractivity contribution in [3.8, 4) is 0 Å². The van der Waals surface area contributed by atoms with E-state index in [4.69, 9.17) is 15.2 Å². The fourth-order valence-electron chi connectivity index (χ4n) is 1.55. The van der Waals surface area contributed by atoms with Crippen LogP contribution in [0.3, 0.4) is 0 Å². The van der Waals surface area contributed by atoms with E-state index in [1.165, 1.54) is 0 Å². The summed E-state index contributed by atoms with van der Waals surface area (Å²) in [5, 5.41) is 0. The monoisotopic (exact) mass is 252 g/mol. The zero-order valence-electron chi connectivity index (χ0n) is 11.1. The minimum Gasteiger partial charge on any atom is -0.462 e. The Labute approximate surface area is 107 Å². The maximum atomic E-state index is 11.9. The lowest BCUT2D eigenvalue weighted by Gasteiger charge is -2.17. The van der Waals surface area contributed by atoms with Crippen molar-refractivity contribution >= 4 is 17.3 Å². The van der Waals surface area contributed by atoms with E-state index in [1.807, 2.05) is 19.0 Å². The zero-order chi connectivity index (χ0) is 13.5. The molecule has 0 spiro atoms. The molecule has 0 bridgehead atoms. The number of hydrogen-bond acceptors (Lipinski definition) is 5. The molecule has 5 heteroatoms. The molecule has 0 unspecified atom stereocenters. The smallest absolute Gasteiger partial charge is 0.340 e. The maximum absolute atomic E-state index is 11.9. The third kappa shape index (κ3) is 3.92. The number of nitrogens with zero attached hydrogens (tertiary/aromatic N) is 1. The number of carbonyl (C=O) groups is 1. The van der Waals surface area contributed by atoms with Crippen LogP contribution >= 0.6 is 0 Å². The van der Waals surface area contributed by atoms with Crippen LogP contribution in [0.2, 0.25) is 0 Å². The molecule has 1 aromatic carbocycles. The van der Waals surface area contributed by atoms with Crippen molar-refractivity contribution in [1.29, 1.82) is 0 Å². The number of ether oxygens (including phenoxy) is 2. The first-order valence-electron chi connectivity index (χ1n) is 5.79. The van der Waals surface area contributed by atoms with Crippen molar-refractivity contribution in [2.75, 3.05) is 45.1 Å². The molecule has 0 heterocycles. The number of rotatable bonds is 6. The molecule has 0 fully saturated rings. The topological polar surface area (TPSA) is 64.8 Å². The van der Waals surface area contributed by atoms with Crippen LogP contribution in [0.5, 0.6) is 0 Å². The lowest BCUT2D eigenvalue weighted by molar-refractivity contribution is 0.0469. The normalized spacial score (nSPS) is 10.2. The predicted octanol–water partition coefficient (Wildman–Crippen LogP) is 1.53. The van der Waals surface area contributed by atoms with Gasteiger partial charge < -0.3 is 20.1 Å². The second kappa shape index (κ2) is 6.86. The SMILES string of the molecule is COCCCOC(=O)c1cc(N)ccc1N(C)C. The summed E-state index contributed by atoms with van der Waals surface area (Å²) in [5.41, 5.74) is 7.52. The van der Waals surface area contributed by atoms with E-state index in [9.17, 15) is 4.79 Å². The van der Waals surface area contributed by atoms with Crippen molar-refractivity contribution in [3.63, 3.8) is 0 Å². The first kappa shape index (κ1) is 14.3. The van der Waals surface area contributed by atoms with Crippen molar-refractivity contribution in [1.82, 2.24) is 0 Å². The van der Waals surface area contributed by atoms with Gasteiger partial charge in [0.2, 0.25) is 0 Å². The van der Waals surface area contributed by atoms with Crippen LogP contribution in [0, 0.1) is 0 Å². The third-order valence-electron chi connectivity index (χ3n) is 2.45. The van der Waals surface area contributed by atoms with Gasteiger partial charge in [-0.2, -0.15) is 0 Å². The number of hydrogen-bond donors (Lipinski definition) is 1. The molecule has 0 aliphatic rings. The molecule has 0 radical (unpaired) electrons. The van der Waals surface area contributed by atoms with E-state index < -0.39 is 0 Å². The van der Waals surface area contributed by atoms with Crippen LogP contribution in [0.25, 0.3) is 0 Å². The Morgan fingerprint density at radius 3 is 2.67 bits per heavy atom. The first-order chi connectivity index (χ1) is 8.56. The van der Waals surface area contributed by atoms with Crippen molar-refractivity contribution in [2.45, 2.75) is 6.42 Å². The van der Waals surface area contributed by atoms with Crippen molar-refractivity contribution in [3.05, 3.63) is 23.8 Å². The lowest BCUT2D eigenvalue weighted by Crippen LogP contribution is -2.16. The second-order valence-corrected chi connectivity index (χ2v) is 4.15. The van der Waals surface area contributed by atoms with E-state index >= 15 is 0 Å². The average molecular weight is 252 g/mol. The quantitative estimate of drug-likeness (QED) is 0.472. The van der Waals surface area contributed by atoms with Gasteiger partial charge in [-0.25, -0.2) is 4.79 Å². The highest BCUT2D eigenvalue weighted by atomic mass is 16.5. The summed E-state index contributed by atoms with van der Waals surface area (Å²) in [6.07, 6.45) is 0.682. The van der Waals surface area contributed by atoms with Crippen LogP contribution in [0.4, 0.5) is 11.4 Å². The highest BCUT2D eigenvalue weighted by Crippen LogP contribution is 2.22. The van der Waals surface area contributed by atoms with Gasteiger partial charge in [0.15, 0.2) is 0 Å². The van der Waals surface area contributed by atoms with Gasteiger partial charge >= 0.3 is 5.97 Å². The Bertz CT molecular complexity index is 405. The van der Waals surface area contributed by atoms with Crippen LogP contribution in [-0.2, 0) is 9.47 Å². The maximum Gasteiger partial charge on any atom is 0.340 e. The minimum absolute atomic E-state index is 0.342. The van der Waals surface area contributed by atoms with Gasteiger partial charge in [0.25, 0.3) is 0 Å². The van der Waals surface area contributed by atoms with Gasteiger partial charge in [-0.05, 0) is 18.2 Å². The van der Waals surface area contributed by atoms with E-state index in [0.717, 1.165) is 5.69 Å². The molecular weight excluding hydrogens is 232 g/mol. The third-order valence-corrected chi connectivity index (χ3v) is 2.45. The summed E-state index contributed by atoms with van der Waals surface area (Å²) in [6, 6.07) is 5.20. The van der Waals surface area contributed by atoms with Gasteiger partial charge in [0, 0.05) is 39.9 Å². The summed E-state index contributed by atoms with van der Waals surface area (Å²) in [6.45, 7) is 0.916. The Balaban J connectivity index is 2.74. The minimum atomic E-state index is -0.359. The van der Waals surface area contributed by atoms with Gasteiger partial charge in [-0.15, -0.1) is 0 Å². The van der Waals surface area contributed by atoms with E-state index in [2.05, 4.69) is 0 Å². The Morgan fingerprint density at radius 1 is 1.33 bits per heavy atom. The molecule has 1 rings (SSSR count). The number of nitrogen functional groups attached to an aromatic ring is 1. The molecule has 0 aliphatic carbocycles. The first-order valence-corrected chi connectivity index (χ1v) is 5.79. The highest BCUT2D eigenvalue weighted by Gasteiger charge is 2.14. The summed E-state index contributed by atoms with van der Waals surface area (Å²) in [5.74, 6) is -0.359. The Hall–Kier alpha value is -1.75. The van der Waals surface area contributed by atoms with Crippen molar-refractivity contribution < 1.29 is 14.3 Å². The molecule has 0 amide bonds. The Kier molecular flexibility index (Phi) is 5.45. The van der Waals surface area contributed by atoms with E-state index in [-0.39, 0.29) is 5.97 Å². The van der Waals surface area contributed by atoms with Gasteiger partial charge in [-0.3, -0.25) is 0 Å². The van der Waals surface area contributed by atoms with Crippen molar-refractivity contribution in [2.24, 2.45) is 0 Å². The number of benzene rings is 1. The fraction of sp³-hybridized carbons (Fsp3) is 0.462. The molecule has 0 atom stereocenters. The van der Waals surface area contributed by atoms with Crippen LogP contribution < -0.4 is 10.6 Å². The molecule has 0 aliphatic heterocycles. The second-order valence-electron chi connectivity index (χ2n) is 4.15. The molecular formula is C13H20N2O3.